The van der Waals surface area contributed by atoms with Crippen molar-refractivity contribution in [2.45, 2.75) is 13.2 Å². The normalized spacial score (nSPS) is 14.4. The maximum Gasteiger partial charge on any atom is 0.293 e. The SMILES string of the molecule is COc1cc(/C=C2/SC(=O)N(Cc3ccccc3C#N)C2=O)cc(Br)c1OCc1ccccn1. The van der Waals surface area contributed by atoms with Crippen LogP contribution in [0.4, 0.5) is 4.79 Å². The van der Waals surface area contributed by atoms with E-state index in [4.69, 9.17) is 9.47 Å². The van der Waals surface area contributed by atoms with Crippen molar-refractivity contribution in [2.75, 3.05) is 7.11 Å². The minimum Gasteiger partial charge on any atom is -0.493 e. The Labute approximate surface area is 209 Å². The zero-order valence-corrected chi connectivity index (χ0v) is 20.4. The molecule has 34 heavy (non-hydrogen) atoms. The molecule has 1 saturated heterocycles. The van der Waals surface area contributed by atoms with Gasteiger partial charge < -0.3 is 9.47 Å². The van der Waals surface area contributed by atoms with Crippen LogP contribution in [0.5, 0.6) is 11.5 Å². The highest BCUT2D eigenvalue weighted by Crippen LogP contribution is 2.39. The lowest BCUT2D eigenvalue weighted by atomic mass is 10.1. The number of ether oxygens (including phenoxy) is 2. The second-order valence-corrected chi connectivity index (χ2v) is 9.03. The molecular formula is C25H18BrN3O4S. The standard InChI is InChI=1S/C25H18BrN3O4S/c1-32-21-11-16(10-20(26)23(21)33-15-19-8-4-5-9-28-19)12-22-24(30)29(25(31)34-22)14-18-7-3-2-6-17(18)13-27/h2-12H,14-15H2,1H3/b22-12+. The van der Waals surface area contributed by atoms with E-state index < -0.39 is 5.91 Å². The Bertz CT molecular complexity index is 1320. The van der Waals surface area contributed by atoms with E-state index in [1.165, 1.54) is 7.11 Å². The van der Waals surface area contributed by atoms with Gasteiger partial charge in [0.25, 0.3) is 11.1 Å². The van der Waals surface area contributed by atoms with Crippen molar-refractivity contribution in [1.29, 1.82) is 5.26 Å². The molecule has 2 amide bonds. The zero-order valence-electron chi connectivity index (χ0n) is 18.0. The number of rotatable bonds is 7. The van der Waals surface area contributed by atoms with Gasteiger partial charge in [-0.1, -0.05) is 24.3 Å². The van der Waals surface area contributed by atoms with Crippen molar-refractivity contribution in [3.8, 4) is 17.6 Å². The van der Waals surface area contributed by atoms with Gasteiger partial charge in [-0.2, -0.15) is 5.26 Å². The molecule has 1 aliphatic rings. The van der Waals surface area contributed by atoms with Crippen LogP contribution in [0.2, 0.25) is 0 Å². The van der Waals surface area contributed by atoms with Gasteiger partial charge in [0.05, 0.1) is 40.4 Å². The summed E-state index contributed by atoms with van der Waals surface area (Å²) in [5.41, 5.74) is 2.48. The fraction of sp³-hybridized carbons (Fsp3) is 0.120. The van der Waals surface area contributed by atoms with E-state index >= 15 is 0 Å². The van der Waals surface area contributed by atoms with E-state index in [2.05, 4.69) is 27.0 Å². The van der Waals surface area contributed by atoms with Gasteiger partial charge in [0.15, 0.2) is 11.5 Å². The molecule has 1 aliphatic heterocycles. The number of benzene rings is 2. The Morgan fingerprint density at radius 1 is 1.18 bits per heavy atom. The number of methoxy groups -OCH3 is 1. The third-order valence-electron chi connectivity index (χ3n) is 4.98. The molecule has 3 aromatic rings. The second kappa shape index (κ2) is 10.5. The van der Waals surface area contributed by atoms with Gasteiger partial charge in [-0.3, -0.25) is 19.5 Å². The lowest BCUT2D eigenvalue weighted by molar-refractivity contribution is -0.123. The van der Waals surface area contributed by atoms with Crippen molar-refractivity contribution >= 4 is 44.9 Å². The van der Waals surface area contributed by atoms with E-state index in [0.29, 0.717) is 32.7 Å². The molecule has 1 fully saturated rings. The van der Waals surface area contributed by atoms with Crippen LogP contribution in [0.25, 0.3) is 6.08 Å². The van der Waals surface area contributed by atoms with Crippen LogP contribution in [0.3, 0.4) is 0 Å². The smallest absolute Gasteiger partial charge is 0.293 e. The molecule has 0 saturated carbocycles. The molecule has 0 spiro atoms. The number of carbonyl (C=O) groups excluding carboxylic acids is 2. The molecule has 0 bridgehead atoms. The summed E-state index contributed by atoms with van der Waals surface area (Å²) in [5, 5.41) is 8.90. The van der Waals surface area contributed by atoms with Crippen LogP contribution in [0.15, 0.2) is 70.2 Å². The predicted octanol–water partition coefficient (Wildman–Crippen LogP) is 5.54. The van der Waals surface area contributed by atoms with Crippen molar-refractivity contribution in [1.82, 2.24) is 9.88 Å². The number of carbonyl (C=O) groups is 2. The highest BCUT2D eigenvalue weighted by Gasteiger charge is 2.35. The Morgan fingerprint density at radius 3 is 2.71 bits per heavy atom. The number of pyridine rings is 1. The number of thioether (sulfide) groups is 1. The van der Waals surface area contributed by atoms with Crippen LogP contribution in [-0.2, 0) is 17.9 Å². The average Bonchev–Trinajstić information content (AvgIpc) is 3.11. The highest BCUT2D eigenvalue weighted by molar-refractivity contribution is 9.10. The Balaban J connectivity index is 1.55. The van der Waals surface area contributed by atoms with Gasteiger partial charge in [0.2, 0.25) is 0 Å². The monoisotopic (exact) mass is 535 g/mol. The van der Waals surface area contributed by atoms with E-state index in [9.17, 15) is 14.9 Å². The first-order valence-electron chi connectivity index (χ1n) is 10.1. The first-order chi connectivity index (χ1) is 16.5. The maximum absolute atomic E-state index is 12.9. The molecule has 0 atom stereocenters. The Hall–Kier alpha value is -3.61. The molecule has 0 radical (unpaired) electrons. The summed E-state index contributed by atoms with van der Waals surface area (Å²) in [6, 6.07) is 18.1. The summed E-state index contributed by atoms with van der Waals surface area (Å²) < 4.78 is 12.0. The van der Waals surface area contributed by atoms with Crippen molar-refractivity contribution in [3.63, 3.8) is 0 Å². The Morgan fingerprint density at radius 2 is 1.97 bits per heavy atom. The van der Waals surface area contributed by atoms with Gasteiger partial charge in [0.1, 0.15) is 6.61 Å². The zero-order chi connectivity index (χ0) is 24.1. The van der Waals surface area contributed by atoms with Crippen molar-refractivity contribution in [2.24, 2.45) is 0 Å². The number of aromatic nitrogens is 1. The number of nitrogens with zero attached hydrogens (tertiary/aromatic N) is 3. The highest BCUT2D eigenvalue weighted by atomic mass is 79.9. The summed E-state index contributed by atoms with van der Waals surface area (Å²) >= 11 is 4.37. The quantitative estimate of drug-likeness (QED) is 0.366. The van der Waals surface area contributed by atoms with Crippen LogP contribution in [0.1, 0.15) is 22.4 Å². The number of nitriles is 1. The molecule has 4 rings (SSSR count). The number of halogens is 1. The minimum atomic E-state index is -0.409. The summed E-state index contributed by atoms with van der Waals surface area (Å²) in [6.07, 6.45) is 3.33. The molecule has 170 valence electrons. The number of imide groups is 1. The van der Waals surface area contributed by atoms with Gasteiger partial charge >= 0.3 is 0 Å². The van der Waals surface area contributed by atoms with Gasteiger partial charge in [0, 0.05) is 6.20 Å². The largest absolute Gasteiger partial charge is 0.493 e. The Kier molecular flexibility index (Phi) is 7.30. The van der Waals surface area contributed by atoms with E-state index in [0.717, 1.165) is 22.4 Å². The van der Waals surface area contributed by atoms with Crippen LogP contribution in [0, 0.1) is 11.3 Å². The molecule has 7 nitrogen and oxygen atoms in total. The number of amides is 2. The van der Waals surface area contributed by atoms with Gasteiger partial charge in [-0.05, 0) is 75.2 Å². The topological polar surface area (TPSA) is 92.5 Å². The second-order valence-electron chi connectivity index (χ2n) is 7.18. The van der Waals surface area contributed by atoms with Crippen LogP contribution >= 0.6 is 27.7 Å². The fourth-order valence-corrected chi connectivity index (χ4v) is 4.73. The first kappa shape index (κ1) is 23.5. The third kappa shape index (κ3) is 5.14. The molecule has 0 unspecified atom stereocenters. The lowest BCUT2D eigenvalue weighted by Crippen LogP contribution is -2.27. The van der Waals surface area contributed by atoms with E-state index in [1.807, 2.05) is 18.2 Å². The molecule has 9 heteroatoms. The summed E-state index contributed by atoms with van der Waals surface area (Å²) in [4.78, 5) is 31.2. The van der Waals surface area contributed by atoms with E-state index in [1.54, 1.807) is 48.7 Å². The summed E-state index contributed by atoms with van der Waals surface area (Å²) in [6.45, 7) is 0.303. The minimum absolute atomic E-state index is 0.0407. The van der Waals surface area contributed by atoms with Crippen molar-refractivity contribution in [3.05, 3.63) is 92.6 Å². The average molecular weight is 536 g/mol. The molecule has 1 aromatic heterocycles. The van der Waals surface area contributed by atoms with Gasteiger partial charge in [-0.25, -0.2) is 0 Å². The lowest BCUT2D eigenvalue weighted by Gasteiger charge is -2.14. The third-order valence-corrected chi connectivity index (χ3v) is 6.48. The molecule has 0 N–H and O–H groups in total. The molecule has 0 aliphatic carbocycles. The molecule has 2 heterocycles. The first-order valence-corrected chi connectivity index (χ1v) is 11.7. The van der Waals surface area contributed by atoms with E-state index in [-0.39, 0.29) is 23.3 Å². The number of hydrogen-bond acceptors (Lipinski definition) is 7. The number of hydrogen-bond donors (Lipinski definition) is 0. The maximum atomic E-state index is 12.9. The summed E-state index contributed by atoms with van der Waals surface area (Å²) in [7, 11) is 1.53. The van der Waals surface area contributed by atoms with Gasteiger partial charge in [-0.15, -0.1) is 0 Å². The molecular weight excluding hydrogens is 518 g/mol. The summed E-state index contributed by atoms with van der Waals surface area (Å²) in [5.74, 6) is 0.568. The van der Waals surface area contributed by atoms with Crippen LogP contribution in [-0.4, -0.2) is 28.1 Å². The fourth-order valence-electron chi connectivity index (χ4n) is 3.32. The predicted molar refractivity (Wildman–Crippen MR) is 132 cm³/mol. The van der Waals surface area contributed by atoms with Crippen molar-refractivity contribution < 1.29 is 19.1 Å². The molecule has 2 aromatic carbocycles. The van der Waals surface area contributed by atoms with Crippen LogP contribution < -0.4 is 9.47 Å².